The molecule has 0 saturated heterocycles. The lowest BCUT2D eigenvalue weighted by molar-refractivity contribution is 0.327. The number of rotatable bonds is 7. The van der Waals surface area contributed by atoms with Gasteiger partial charge in [0.25, 0.3) is 0 Å². The minimum absolute atomic E-state index is 0.475. The van der Waals surface area contributed by atoms with Crippen LogP contribution in [0, 0.1) is 6.92 Å². The molecule has 1 aromatic rings. The molecule has 0 fully saturated rings. The number of benzene rings is 1. The molecular weight excluding hydrogens is 200 g/mol. The molecule has 84 valence electrons. The van der Waals surface area contributed by atoms with Gasteiger partial charge in [-0.1, -0.05) is 56.0 Å². The summed E-state index contributed by atoms with van der Waals surface area (Å²) in [7, 11) is -0.475. The van der Waals surface area contributed by atoms with Crippen LogP contribution in [0.4, 0.5) is 0 Å². The quantitative estimate of drug-likeness (QED) is 0.508. The van der Waals surface area contributed by atoms with E-state index in [1.54, 1.807) is 0 Å². The lowest BCUT2D eigenvalue weighted by Gasteiger charge is -2.06. The average Bonchev–Trinajstić information content (AvgIpc) is 2.25. The molecule has 1 aromatic carbocycles. The van der Waals surface area contributed by atoms with Gasteiger partial charge in [0.15, 0.2) is 9.76 Å². The van der Waals surface area contributed by atoms with Crippen molar-refractivity contribution >= 4 is 14.9 Å². The third-order valence-electron chi connectivity index (χ3n) is 2.66. The van der Waals surface area contributed by atoms with Gasteiger partial charge in [-0.15, -0.1) is 0 Å². The zero-order valence-corrected chi connectivity index (χ0v) is 11.4. The zero-order valence-electron chi connectivity index (χ0n) is 9.96. The van der Waals surface area contributed by atoms with Crippen LogP contribution in [-0.4, -0.2) is 16.4 Å². The third kappa shape index (κ3) is 5.14. The van der Waals surface area contributed by atoms with Gasteiger partial charge in [0.05, 0.1) is 0 Å². The van der Waals surface area contributed by atoms with Crippen LogP contribution in [0.5, 0.6) is 0 Å². The third-order valence-corrected chi connectivity index (χ3v) is 4.26. The molecule has 15 heavy (non-hydrogen) atoms. The highest BCUT2D eigenvalue weighted by Crippen LogP contribution is 1.98. The topological polar surface area (TPSA) is 9.23 Å². The molecule has 1 nitrogen and oxygen atoms in total. The summed E-state index contributed by atoms with van der Waals surface area (Å²) in [5, 5.41) is 1.45. The van der Waals surface area contributed by atoms with E-state index in [1.165, 1.54) is 36.4 Å². The van der Waals surface area contributed by atoms with Gasteiger partial charge < -0.3 is 4.43 Å². The number of aryl methyl sites for hydroxylation is 1. The van der Waals surface area contributed by atoms with E-state index in [4.69, 9.17) is 4.43 Å². The van der Waals surface area contributed by atoms with Gasteiger partial charge in [-0.05, 0) is 18.5 Å². The van der Waals surface area contributed by atoms with E-state index >= 15 is 0 Å². The first-order valence-corrected chi connectivity index (χ1v) is 7.25. The molecule has 0 heterocycles. The van der Waals surface area contributed by atoms with Gasteiger partial charge in [0.1, 0.15) is 0 Å². The molecule has 0 saturated carbocycles. The van der Waals surface area contributed by atoms with Crippen molar-refractivity contribution in [2.45, 2.75) is 39.5 Å². The maximum Gasteiger partial charge on any atom is 0.192 e. The van der Waals surface area contributed by atoms with E-state index in [-0.39, 0.29) is 0 Å². The molecule has 0 spiro atoms. The van der Waals surface area contributed by atoms with E-state index in [1.807, 2.05) is 0 Å². The van der Waals surface area contributed by atoms with Gasteiger partial charge in [-0.2, -0.15) is 0 Å². The van der Waals surface area contributed by atoms with Gasteiger partial charge in [-0.25, -0.2) is 0 Å². The van der Waals surface area contributed by atoms with Crippen LogP contribution in [0.3, 0.4) is 0 Å². The number of hydrogen-bond donors (Lipinski definition) is 0. The molecule has 0 aromatic heterocycles. The fraction of sp³-hybridized carbons (Fsp3) is 0.538. The Bertz CT molecular complexity index is 273. The molecule has 0 aliphatic heterocycles. The number of unbranched alkanes of at least 4 members (excludes halogenated alkanes) is 3. The molecule has 0 aliphatic carbocycles. The fourth-order valence-electron chi connectivity index (χ4n) is 1.59. The molecule has 0 N–H and O–H groups in total. The molecule has 0 radical (unpaired) electrons. The smallest absolute Gasteiger partial charge is 0.192 e. The highest BCUT2D eigenvalue weighted by Gasteiger charge is 1.97. The van der Waals surface area contributed by atoms with Crippen molar-refractivity contribution < 1.29 is 4.43 Å². The van der Waals surface area contributed by atoms with Crippen molar-refractivity contribution in [1.29, 1.82) is 0 Å². The Labute approximate surface area is 95.8 Å². The van der Waals surface area contributed by atoms with Crippen LogP contribution >= 0.6 is 0 Å². The van der Waals surface area contributed by atoms with Crippen molar-refractivity contribution in [2.75, 3.05) is 6.61 Å². The van der Waals surface area contributed by atoms with Gasteiger partial charge in [0.2, 0.25) is 0 Å². The van der Waals surface area contributed by atoms with E-state index in [2.05, 4.69) is 38.1 Å². The Kier molecular flexibility index (Phi) is 6.36. The standard InChI is InChI=1S/C13H22OSi/c1-3-4-5-8-11-14-15-13-10-7-6-9-12(13)2/h6-7,9-10H,3-5,8,11,15H2,1-2H3. The highest BCUT2D eigenvalue weighted by molar-refractivity contribution is 6.47. The lowest BCUT2D eigenvalue weighted by atomic mass is 10.2. The Balaban J connectivity index is 2.12. The molecular formula is C13H22OSi. The second kappa shape index (κ2) is 7.66. The van der Waals surface area contributed by atoms with Crippen LogP contribution < -0.4 is 5.19 Å². The summed E-state index contributed by atoms with van der Waals surface area (Å²) < 4.78 is 5.79. The molecule has 1 rings (SSSR count). The maximum absolute atomic E-state index is 5.79. The Morgan fingerprint density at radius 3 is 2.67 bits per heavy atom. The van der Waals surface area contributed by atoms with Gasteiger partial charge in [-0.3, -0.25) is 0 Å². The Morgan fingerprint density at radius 1 is 1.13 bits per heavy atom. The first-order valence-electron chi connectivity index (χ1n) is 5.97. The van der Waals surface area contributed by atoms with E-state index in [9.17, 15) is 0 Å². The Morgan fingerprint density at radius 2 is 1.93 bits per heavy atom. The minimum Gasteiger partial charge on any atom is -0.419 e. The van der Waals surface area contributed by atoms with Crippen molar-refractivity contribution in [3.63, 3.8) is 0 Å². The van der Waals surface area contributed by atoms with Gasteiger partial charge in [0, 0.05) is 6.61 Å². The summed E-state index contributed by atoms with van der Waals surface area (Å²) >= 11 is 0. The zero-order chi connectivity index (χ0) is 10.9. The van der Waals surface area contributed by atoms with Crippen LogP contribution in [-0.2, 0) is 4.43 Å². The van der Waals surface area contributed by atoms with Crippen molar-refractivity contribution in [1.82, 2.24) is 0 Å². The summed E-state index contributed by atoms with van der Waals surface area (Å²) in [6.45, 7) is 5.37. The SMILES string of the molecule is CCCCCCO[SiH2]c1ccccc1C. The largest absolute Gasteiger partial charge is 0.419 e. The summed E-state index contributed by atoms with van der Waals surface area (Å²) in [5.74, 6) is 0. The fourth-order valence-corrected chi connectivity index (χ4v) is 2.73. The molecule has 2 heteroatoms. The van der Waals surface area contributed by atoms with Crippen LogP contribution in [0.1, 0.15) is 38.2 Å². The summed E-state index contributed by atoms with van der Waals surface area (Å²) in [6.07, 6.45) is 5.19. The predicted octanol–water partition coefficient (Wildman–Crippen LogP) is 2.30. The minimum atomic E-state index is -0.475. The first kappa shape index (κ1) is 12.5. The molecule has 0 aliphatic rings. The molecule has 0 bridgehead atoms. The van der Waals surface area contributed by atoms with Crippen molar-refractivity contribution in [2.24, 2.45) is 0 Å². The first-order chi connectivity index (χ1) is 7.34. The van der Waals surface area contributed by atoms with E-state index in [0.29, 0.717) is 0 Å². The normalized spacial score (nSPS) is 11.3. The monoisotopic (exact) mass is 222 g/mol. The second-order valence-electron chi connectivity index (χ2n) is 4.04. The van der Waals surface area contributed by atoms with Gasteiger partial charge >= 0.3 is 0 Å². The summed E-state index contributed by atoms with van der Waals surface area (Å²) in [5.41, 5.74) is 1.39. The summed E-state index contributed by atoms with van der Waals surface area (Å²) in [4.78, 5) is 0. The van der Waals surface area contributed by atoms with Crippen LogP contribution in [0.15, 0.2) is 24.3 Å². The predicted molar refractivity (Wildman–Crippen MR) is 69.5 cm³/mol. The van der Waals surface area contributed by atoms with E-state index in [0.717, 1.165) is 6.61 Å². The van der Waals surface area contributed by atoms with E-state index < -0.39 is 9.76 Å². The van der Waals surface area contributed by atoms with Crippen LogP contribution in [0.2, 0.25) is 0 Å². The average molecular weight is 222 g/mol. The maximum atomic E-state index is 5.79. The lowest BCUT2D eigenvalue weighted by Crippen LogP contribution is -2.20. The molecule has 0 atom stereocenters. The summed E-state index contributed by atoms with van der Waals surface area (Å²) in [6, 6.07) is 8.57. The molecule has 0 amide bonds. The highest BCUT2D eigenvalue weighted by atomic mass is 28.2. The molecule has 0 unspecified atom stereocenters. The number of hydrogen-bond acceptors (Lipinski definition) is 1. The van der Waals surface area contributed by atoms with Crippen molar-refractivity contribution in [3.05, 3.63) is 29.8 Å². The van der Waals surface area contributed by atoms with Crippen molar-refractivity contribution in [3.8, 4) is 0 Å². The second-order valence-corrected chi connectivity index (χ2v) is 5.50. The van der Waals surface area contributed by atoms with Crippen LogP contribution in [0.25, 0.3) is 0 Å². The Hall–Kier alpha value is -0.603.